The number of hydrogen-bond donors (Lipinski definition) is 2. The Hall–Kier alpha value is -3.29. The summed E-state index contributed by atoms with van der Waals surface area (Å²) in [6, 6.07) is 8.11. The van der Waals surface area contributed by atoms with Gasteiger partial charge in [-0.15, -0.1) is 0 Å². The molecule has 0 atom stereocenters. The van der Waals surface area contributed by atoms with Crippen LogP contribution in [0.4, 0.5) is 11.4 Å². The maximum Gasteiger partial charge on any atom is 0.355 e. The highest BCUT2D eigenvalue weighted by atomic mass is 16.5. The Morgan fingerprint density at radius 1 is 1.16 bits per heavy atom. The van der Waals surface area contributed by atoms with Gasteiger partial charge in [0.15, 0.2) is 6.61 Å². The lowest BCUT2D eigenvalue weighted by Gasteiger charge is -2.12. The van der Waals surface area contributed by atoms with Crippen molar-refractivity contribution in [3.8, 4) is 5.75 Å². The molecule has 25 heavy (non-hydrogen) atoms. The van der Waals surface area contributed by atoms with Gasteiger partial charge in [-0.3, -0.25) is 9.59 Å². The Balaban J connectivity index is 2.00. The van der Waals surface area contributed by atoms with Gasteiger partial charge in [0.2, 0.25) is 5.91 Å². The number of anilines is 2. The standard InChI is InChI=1S/C17H19N3O5/c1-11(21)18-12-6-7-15(24-3)13(9-12)19-16(22)10-25-17(23)14-5-4-8-20(14)2/h4-9H,10H2,1-3H3,(H,18,21)(H,19,22). The van der Waals surface area contributed by atoms with Crippen LogP contribution in [0.5, 0.6) is 5.75 Å². The van der Waals surface area contributed by atoms with Crippen LogP contribution >= 0.6 is 0 Å². The summed E-state index contributed by atoms with van der Waals surface area (Å²) in [6.45, 7) is 0.934. The van der Waals surface area contributed by atoms with Crippen LogP contribution in [0, 0.1) is 0 Å². The van der Waals surface area contributed by atoms with Crippen molar-refractivity contribution in [2.24, 2.45) is 7.05 Å². The highest BCUT2D eigenvalue weighted by Crippen LogP contribution is 2.27. The molecule has 2 rings (SSSR count). The average Bonchev–Trinajstić information content (AvgIpc) is 2.98. The number of nitrogens with one attached hydrogen (secondary N) is 2. The first kappa shape index (κ1) is 18.1. The van der Waals surface area contributed by atoms with Crippen molar-refractivity contribution in [3.63, 3.8) is 0 Å². The Morgan fingerprint density at radius 2 is 1.92 bits per heavy atom. The van der Waals surface area contributed by atoms with Crippen LogP contribution in [0.2, 0.25) is 0 Å². The summed E-state index contributed by atoms with van der Waals surface area (Å²) < 4.78 is 11.8. The molecule has 2 N–H and O–H groups in total. The smallest absolute Gasteiger partial charge is 0.355 e. The lowest BCUT2D eigenvalue weighted by molar-refractivity contribution is -0.119. The fraction of sp³-hybridized carbons (Fsp3) is 0.235. The van der Waals surface area contributed by atoms with Crippen LogP contribution in [0.1, 0.15) is 17.4 Å². The molecule has 0 unspecified atom stereocenters. The van der Waals surface area contributed by atoms with E-state index in [-0.39, 0.29) is 5.91 Å². The van der Waals surface area contributed by atoms with Crippen molar-refractivity contribution < 1.29 is 23.9 Å². The summed E-state index contributed by atoms with van der Waals surface area (Å²) in [4.78, 5) is 35.1. The molecule has 2 aromatic rings. The van der Waals surface area contributed by atoms with Crippen LogP contribution in [0.25, 0.3) is 0 Å². The number of hydrogen-bond acceptors (Lipinski definition) is 5. The second-order valence-electron chi connectivity index (χ2n) is 5.22. The third kappa shape index (κ3) is 4.84. The molecule has 0 saturated heterocycles. The number of carbonyl (C=O) groups excluding carboxylic acids is 3. The summed E-state index contributed by atoms with van der Waals surface area (Å²) in [5.41, 5.74) is 1.20. The van der Waals surface area contributed by atoms with Gasteiger partial charge < -0.3 is 24.7 Å². The summed E-state index contributed by atoms with van der Waals surface area (Å²) in [5.74, 6) is -0.947. The molecular formula is C17H19N3O5. The summed E-state index contributed by atoms with van der Waals surface area (Å²) in [7, 11) is 3.16. The van der Waals surface area contributed by atoms with E-state index in [1.54, 1.807) is 48.1 Å². The van der Waals surface area contributed by atoms with Crippen molar-refractivity contribution in [1.29, 1.82) is 0 Å². The molecule has 0 fully saturated rings. The molecule has 0 aliphatic heterocycles. The number of aryl methyl sites for hydroxylation is 1. The summed E-state index contributed by atoms with van der Waals surface area (Å²) in [5, 5.41) is 5.20. The molecule has 0 saturated carbocycles. The first-order valence-electron chi connectivity index (χ1n) is 7.44. The van der Waals surface area contributed by atoms with E-state index < -0.39 is 18.5 Å². The molecule has 0 spiro atoms. The number of amides is 2. The van der Waals surface area contributed by atoms with E-state index in [1.807, 2.05) is 0 Å². The van der Waals surface area contributed by atoms with Crippen molar-refractivity contribution in [2.75, 3.05) is 24.4 Å². The van der Waals surface area contributed by atoms with Gasteiger partial charge in [0.1, 0.15) is 11.4 Å². The minimum atomic E-state index is -0.596. The molecular weight excluding hydrogens is 326 g/mol. The second kappa shape index (κ2) is 8.00. The van der Waals surface area contributed by atoms with E-state index >= 15 is 0 Å². The molecule has 1 aromatic heterocycles. The monoisotopic (exact) mass is 345 g/mol. The highest BCUT2D eigenvalue weighted by Gasteiger charge is 2.14. The molecule has 8 heteroatoms. The topological polar surface area (TPSA) is 98.7 Å². The number of methoxy groups -OCH3 is 1. The molecule has 132 valence electrons. The third-order valence-electron chi connectivity index (χ3n) is 3.28. The average molecular weight is 345 g/mol. The number of nitrogens with zero attached hydrogens (tertiary/aromatic N) is 1. The third-order valence-corrected chi connectivity index (χ3v) is 3.28. The van der Waals surface area contributed by atoms with E-state index in [0.29, 0.717) is 22.8 Å². The zero-order chi connectivity index (χ0) is 18.4. The van der Waals surface area contributed by atoms with Gasteiger partial charge in [-0.25, -0.2) is 4.79 Å². The van der Waals surface area contributed by atoms with Gasteiger partial charge in [0.25, 0.3) is 5.91 Å². The van der Waals surface area contributed by atoms with Gasteiger partial charge >= 0.3 is 5.97 Å². The molecule has 1 heterocycles. The first-order chi connectivity index (χ1) is 11.9. The van der Waals surface area contributed by atoms with E-state index in [9.17, 15) is 14.4 Å². The Bertz CT molecular complexity index is 797. The SMILES string of the molecule is COc1ccc(NC(C)=O)cc1NC(=O)COC(=O)c1cccn1C. The summed E-state index contributed by atoms with van der Waals surface area (Å²) >= 11 is 0. The lowest BCUT2D eigenvalue weighted by atomic mass is 10.2. The number of rotatable bonds is 6. The Kier molecular flexibility index (Phi) is 5.78. The minimum Gasteiger partial charge on any atom is -0.495 e. The quantitative estimate of drug-likeness (QED) is 0.778. The highest BCUT2D eigenvalue weighted by molar-refractivity contribution is 5.97. The number of aromatic nitrogens is 1. The number of carbonyl (C=O) groups is 3. The van der Waals surface area contributed by atoms with Gasteiger partial charge in [-0.1, -0.05) is 0 Å². The van der Waals surface area contributed by atoms with Gasteiger partial charge in [-0.05, 0) is 30.3 Å². The maximum absolute atomic E-state index is 12.0. The maximum atomic E-state index is 12.0. The number of benzene rings is 1. The number of esters is 1. The fourth-order valence-electron chi connectivity index (χ4n) is 2.15. The van der Waals surface area contributed by atoms with E-state index in [2.05, 4.69) is 10.6 Å². The molecule has 0 bridgehead atoms. The first-order valence-corrected chi connectivity index (χ1v) is 7.44. The van der Waals surface area contributed by atoms with Gasteiger partial charge in [0, 0.05) is 25.9 Å². The van der Waals surface area contributed by atoms with Crippen molar-refractivity contribution in [2.45, 2.75) is 6.92 Å². The van der Waals surface area contributed by atoms with E-state index in [0.717, 1.165) is 0 Å². The van der Waals surface area contributed by atoms with Gasteiger partial charge in [0.05, 0.1) is 12.8 Å². The van der Waals surface area contributed by atoms with Crippen molar-refractivity contribution >= 4 is 29.2 Å². The van der Waals surface area contributed by atoms with Crippen LogP contribution in [-0.4, -0.2) is 36.1 Å². The zero-order valence-corrected chi connectivity index (χ0v) is 14.2. The molecule has 0 radical (unpaired) electrons. The summed E-state index contributed by atoms with van der Waals surface area (Å²) in [6.07, 6.45) is 1.70. The molecule has 2 amide bonds. The van der Waals surface area contributed by atoms with Crippen molar-refractivity contribution in [1.82, 2.24) is 4.57 Å². The minimum absolute atomic E-state index is 0.237. The predicted molar refractivity (Wildman–Crippen MR) is 91.6 cm³/mol. The number of ether oxygens (including phenoxy) is 2. The fourth-order valence-corrected chi connectivity index (χ4v) is 2.15. The van der Waals surface area contributed by atoms with E-state index in [1.165, 1.54) is 14.0 Å². The zero-order valence-electron chi connectivity index (χ0n) is 14.2. The molecule has 1 aromatic carbocycles. The van der Waals surface area contributed by atoms with Crippen molar-refractivity contribution in [3.05, 3.63) is 42.2 Å². The lowest BCUT2D eigenvalue weighted by Crippen LogP contribution is -2.22. The molecule has 0 aliphatic rings. The second-order valence-corrected chi connectivity index (χ2v) is 5.22. The van der Waals surface area contributed by atoms with Crippen LogP contribution in [0.15, 0.2) is 36.5 Å². The van der Waals surface area contributed by atoms with Crippen LogP contribution < -0.4 is 15.4 Å². The Labute approximate surface area is 144 Å². The van der Waals surface area contributed by atoms with Crippen LogP contribution in [0.3, 0.4) is 0 Å². The van der Waals surface area contributed by atoms with Gasteiger partial charge in [-0.2, -0.15) is 0 Å². The van der Waals surface area contributed by atoms with E-state index in [4.69, 9.17) is 9.47 Å². The normalized spacial score (nSPS) is 10.0. The molecule has 0 aliphatic carbocycles. The Morgan fingerprint density at radius 3 is 2.52 bits per heavy atom. The van der Waals surface area contributed by atoms with Crippen LogP contribution in [-0.2, 0) is 21.4 Å². The molecule has 8 nitrogen and oxygen atoms in total. The predicted octanol–water partition coefficient (Wildman–Crippen LogP) is 1.79. The largest absolute Gasteiger partial charge is 0.495 e.